The van der Waals surface area contributed by atoms with Gasteiger partial charge in [-0.15, -0.1) is 0 Å². The Bertz CT molecular complexity index is 461. The summed E-state index contributed by atoms with van der Waals surface area (Å²) in [5.41, 5.74) is -0.138. The summed E-state index contributed by atoms with van der Waals surface area (Å²) in [7, 11) is 2.16. The second kappa shape index (κ2) is 5.76. The highest BCUT2D eigenvalue weighted by Gasteiger charge is 2.54. The second-order valence-electron chi connectivity index (χ2n) is 8.72. The molecule has 1 saturated heterocycles. The highest BCUT2D eigenvalue weighted by Crippen LogP contribution is 2.60. The Morgan fingerprint density at radius 1 is 1.04 bits per heavy atom. The number of amides is 2. The fourth-order valence-corrected chi connectivity index (χ4v) is 5.98. The Kier molecular flexibility index (Phi) is 3.87. The maximum Gasteiger partial charge on any atom is 0.242 e. The summed E-state index contributed by atoms with van der Waals surface area (Å²) in [5.74, 6) is 2.57. The summed E-state index contributed by atoms with van der Waals surface area (Å²) in [5, 5.41) is 3.01. The molecule has 5 aliphatic rings. The minimum Gasteiger partial charge on any atom is -0.347 e. The molecular formula is C18H30N3O2+. The van der Waals surface area contributed by atoms with Crippen LogP contribution in [-0.4, -0.2) is 56.5 Å². The Morgan fingerprint density at radius 3 is 2.09 bits per heavy atom. The van der Waals surface area contributed by atoms with E-state index in [0.29, 0.717) is 0 Å². The van der Waals surface area contributed by atoms with Gasteiger partial charge in [0.25, 0.3) is 0 Å². The summed E-state index contributed by atoms with van der Waals surface area (Å²) in [4.78, 5) is 28.6. The van der Waals surface area contributed by atoms with Crippen molar-refractivity contribution in [2.24, 2.45) is 23.2 Å². The first kappa shape index (κ1) is 15.4. The smallest absolute Gasteiger partial charge is 0.242 e. The lowest BCUT2D eigenvalue weighted by atomic mass is 9.49. The Morgan fingerprint density at radius 2 is 1.57 bits per heavy atom. The third kappa shape index (κ3) is 2.88. The molecule has 5 heteroatoms. The van der Waals surface area contributed by atoms with Gasteiger partial charge >= 0.3 is 0 Å². The zero-order chi connectivity index (χ0) is 16.0. The van der Waals surface area contributed by atoms with Crippen molar-refractivity contribution in [2.45, 2.75) is 38.5 Å². The Balaban J connectivity index is 1.33. The van der Waals surface area contributed by atoms with E-state index >= 15 is 0 Å². The highest BCUT2D eigenvalue weighted by molar-refractivity contribution is 5.88. The topological polar surface area (TPSA) is 53.9 Å². The van der Waals surface area contributed by atoms with Crippen LogP contribution in [0.15, 0.2) is 0 Å². The number of nitrogens with one attached hydrogen (secondary N) is 2. The summed E-state index contributed by atoms with van der Waals surface area (Å²) in [6, 6.07) is 0. The number of nitrogens with zero attached hydrogens (tertiary/aromatic N) is 1. The van der Waals surface area contributed by atoms with Crippen molar-refractivity contribution in [1.29, 1.82) is 0 Å². The molecule has 0 radical (unpaired) electrons. The van der Waals surface area contributed by atoms with Crippen LogP contribution in [0.5, 0.6) is 0 Å². The maximum absolute atomic E-state index is 12.8. The van der Waals surface area contributed by atoms with Gasteiger partial charge < -0.3 is 15.1 Å². The van der Waals surface area contributed by atoms with E-state index in [1.54, 1.807) is 0 Å². The first-order valence-corrected chi connectivity index (χ1v) is 9.41. The van der Waals surface area contributed by atoms with E-state index in [1.165, 1.54) is 24.2 Å². The van der Waals surface area contributed by atoms with E-state index < -0.39 is 0 Å². The van der Waals surface area contributed by atoms with Crippen LogP contribution >= 0.6 is 0 Å². The van der Waals surface area contributed by atoms with Crippen LogP contribution in [0.4, 0.5) is 0 Å². The normalized spacial score (nSPS) is 39.5. The average Bonchev–Trinajstić information content (AvgIpc) is 2.51. The molecule has 5 nitrogen and oxygen atoms in total. The first-order chi connectivity index (χ1) is 11.0. The van der Waals surface area contributed by atoms with Crippen LogP contribution in [0, 0.1) is 23.2 Å². The molecule has 4 aliphatic carbocycles. The molecule has 23 heavy (non-hydrogen) atoms. The summed E-state index contributed by atoms with van der Waals surface area (Å²) in [6.45, 7) is 3.85. The first-order valence-electron chi connectivity index (χ1n) is 9.41. The number of carbonyl (C=O) groups is 2. The van der Waals surface area contributed by atoms with Gasteiger partial charge in [0.1, 0.15) is 0 Å². The predicted octanol–water partition coefficient (Wildman–Crippen LogP) is -0.324. The number of quaternary nitrogens is 1. The molecule has 0 atom stereocenters. The van der Waals surface area contributed by atoms with Gasteiger partial charge in [0.15, 0.2) is 0 Å². The summed E-state index contributed by atoms with van der Waals surface area (Å²) < 4.78 is 0. The SMILES string of the molecule is C[NH+]1CCN(C(=O)CNC(=O)C23CC4CC(CC(C4)C2)C3)CC1. The van der Waals surface area contributed by atoms with E-state index in [-0.39, 0.29) is 23.8 Å². The maximum atomic E-state index is 12.8. The van der Waals surface area contributed by atoms with Gasteiger partial charge in [0.2, 0.25) is 11.8 Å². The van der Waals surface area contributed by atoms with Crippen molar-refractivity contribution < 1.29 is 14.5 Å². The molecular weight excluding hydrogens is 290 g/mol. The lowest BCUT2D eigenvalue weighted by Crippen LogP contribution is -3.12. The molecule has 128 valence electrons. The van der Waals surface area contributed by atoms with Gasteiger partial charge in [-0.05, 0) is 56.3 Å². The molecule has 1 aliphatic heterocycles. The third-order valence-corrected chi connectivity index (χ3v) is 6.89. The van der Waals surface area contributed by atoms with Gasteiger partial charge in [-0.1, -0.05) is 0 Å². The molecule has 5 rings (SSSR count). The van der Waals surface area contributed by atoms with Crippen molar-refractivity contribution in [3.8, 4) is 0 Å². The fraction of sp³-hybridized carbons (Fsp3) is 0.889. The minimum atomic E-state index is -0.138. The van der Waals surface area contributed by atoms with Crippen LogP contribution in [-0.2, 0) is 9.59 Å². The molecule has 5 fully saturated rings. The molecule has 1 heterocycles. The van der Waals surface area contributed by atoms with Gasteiger partial charge in [0.05, 0.1) is 39.8 Å². The third-order valence-electron chi connectivity index (χ3n) is 6.89. The number of hydrogen-bond donors (Lipinski definition) is 2. The predicted molar refractivity (Wildman–Crippen MR) is 86.8 cm³/mol. The fourth-order valence-electron chi connectivity index (χ4n) is 5.98. The van der Waals surface area contributed by atoms with Gasteiger partial charge in [-0.2, -0.15) is 0 Å². The van der Waals surface area contributed by atoms with Crippen molar-refractivity contribution in [1.82, 2.24) is 10.2 Å². The van der Waals surface area contributed by atoms with Crippen molar-refractivity contribution >= 4 is 11.8 Å². The molecule has 0 spiro atoms. The molecule has 4 saturated carbocycles. The number of carbonyl (C=O) groups excluding carboxylic acids is 2. The van der Waals surface area contributed by atoms with Crippen molar-refractivity contribution in [2.75, 3.05) is 39.8 Å². The van der Waals surface area contributed by atoms with Crippen molar-refractivity contribution in [3.05, 3.63) is 0 Å². The van der Waals surface area contributed by atoms with Crippen LogP contribution in [0.25, 0.3) is 0 Å². The Labute approximate surface area is 138 Å². The van der Waals surface area contributed by atoms with E-state index in [4.69, 9.17) is 0 Å². The minimum absolute atomic E-state index is 0.0931. The molecule has 0 unspecified atom stereocenters. The lowest BCUT2D eigenvalue weighted by Gasteiger charge is -2.55. The molecule has 0 aromatic rings. The van der Waals surface area contributed by atoms with E-state index in [0.717, 1.165) is 63.2 Å². The number of likely N-dealkylation sites (N-methyl/N-ethyl adjacent to an activating group) is 1. The molecule has 2 amide bonds. The van der Waals surface area contributed by atoms with E-state index in [1.807, 2.05) is 4.90 Å². The quantitative estimate of drug-likeness (QED) is 0.749. The van der Waals surface area contributed by atoms with Crippen LogP contribution in [0.3, 0.4) is 0 Å². The van der Waals surface area contributed by atoms with Crippen LogP contribution < -0.4 is 10.2 Å². The van der Waals surface area contributed by atoms with E-state index in [2.05, 4.69) is 12.4 Å². The second-order valence-corrected chi connectivity index (χ2v) is 8.72. The van der Waals surface area contributed by atoms with Crippen LogP contribution in [0.2, 0.25) is 0 Å². The van der Waals surface area contributed by atoms with Crippen molar-refractivity contribution in [3.63, 3.8) is 0 Å². The highest BCUT2D eigenvalue weighted by atomic mass is 16.2. The van der Waals surface area contributed by atoms with Gasteiger partial charge in [-0.25, -0.2) is 0 Å². The number of rotatable bonds is 3. The monoisotopic (exact) mass is 320 g/mol. The van der Waals surface area contributed by atoms with E-state index in [9.17, 15) is 9.59 Å². The molecule has 0 aromatic heterocycles. The summed E-state index contributed by atoms with van der Waals surface area (Å²) in [6.07, 6.45) is 7.23. The average molecular weight is 320 g/mol. The zero-order valence-corrected chi connectivity index (χ0v) is 14.3. The standard InChI is InChI=1S/C18H29N3O2/c1-20-2-4-21(5-3-20)16(22)12-19-17(23)18-9-13-6-14(10-18)8-15(7-13)11-18/h13-15H,2-12H2,1H3,(H,19,23)/p+1. The lowest BCUT2D eigenvalue weighted by molar-refractivity contribution is -0.883. The zero-order valence-electron chi connectivity index (χ0n) is 14.3. The summed E-state index contributed by atoms with van der Waals surface area (Å²) >= 11 is 0. The molecule has 2 N–H and O–H groups in total. The Hall–Kier alpha value is -1.10. The largest absolute Gasteiger partial charge is 0.347 e. The van der Waals surface area contributed by atoms with Crippen LogP contribution in [0.1, 0.15) is 38.5 Å². The number of piperazine rings is 1. The number of hydrogen-bond acceptors (Lipinski definition) is 2. The molecule has 0 aromatic carbocycles. The molecule has 4 bridgehead atoms. The van der Waals surface area contributed by atoms with Gasteiger partial charge in [0, 0.05) is 5.41 Å². The van der Waals surface area contributed by atoms with Gasteiger partial charge in [-0.3, -0.25) is 9.59 Å².